The molecule has 0 bridgehead atoms. The standard InChI is InChI=1S/C25H27FN4O4/c1-14-7-15(2)22(20-12-34-13-28-20)18(8-14)25(3)10-16-17(11-29-30(25)24(31)27-4)23(33-6)21(32-5)9-19(16)26/h7-9,11-13H,10H2,1-6H3,(H,27,31). The number of ether oxygens (including phenoxy) is 2. The lowest BCUT2D eigenvalue weighted by Crippen LogP contribution is -2.49. The van der Waals surface area contributed by atoms with Gasteiger partial charge < -0.3 is 19.2 Å². The van der Waals surface area contributed by atoms with Crippen molar-refractivity contribution in [2.24, 2.45) is 5.10 Å². The number of fused-ring (bicyclic) bond motifs is 1. The molecule has 178 valence electrons. The zero-order chi connectivity index (χ0) is 24.6. The molecule has 2 heterocycles. The van der Waals surface area contributed by atoms with E-state index in [0.717, 1.165) is 22.3 Å². The SMILES string of the molecule is CNC(=O)N1N=Cc2c(c(F)cc(OC)c2OC)CC1(C)c1cc(C)cc(C)c1-c1cocn1. The van der Waals surface area contributed by atoms with Crippen LogP contribution in [0.4, 0.5) is 9.18 Å². The molecule has 1 unspecified atom stereocenters. The van der Waals surface area contributed by atoms with Crippen molar-refractivity contribution < 1.29 is 23.1 Å². The van der Waals surface area contributed by atoms with Crippen LogP contribution < -0.4 is 14.8 Å². The fourth-order valence-corrected chi connectivity index (χ4v) is 4.67. The number of methoxy groups -OCH3 is 2. The smallest absolute Gasteiger partial charge is 0.338 e. The maximum absolute atomic E-state index is 15.5. The molecule has 1 aliphatic heterocycles. The van der Waals surface area contributed by atoms with Crippen molar-refractivity contribution in [1.29, 1.82) is 0 Å². The molecular formula is C25H27FN4O4. The monoisotopic (exact) mass is 466 g/mol. The number of urea groups is 1. The van der Waals surface area contributed by atoms with Gasteiger partial charge in [-0.1, -0.05) is 17.7 Å². The maximum Gasteiger partial charge on any atom is 0.338 e. The molecule has 1 N–H and O–H groups in total. The summed E-state index contributed by atoms with van der Waals surface area (Å²) < 4.78 is 31.6. The number of amides is 2. The molecule has 0 fully saturated rings. The summed E-state index contributed by atoms with van der Waals surface area (Å²) in [5, 5.41) is 8.52. The van der Waals surface area contributed by atoms with E-state index in [0.29, 0.717) is 22.6 Å². The highest BCUT2D eigenvalue weighted by Crippen LogP contribution is 2.45. The molecule has 0 saturated heterocycles. The minimum absolute atomic E-state index is 0.121. The van der Waals surface area contributed by atoms with Crippen LogP contribution in [0.5, 0.6) is 11.5 Å². The predicted octanol–water partition coefficient (Wildman–Crippen LogP) is 4.56. The van der Waals surface area contributed by atoms with Crippen LogP contribution in [0.25, 0.3) is 11.3 Å². The fourth-order valence-electron chi connectivity index (χ4n) is 4.67. The number of nitrogens with one attached hydrogen (secondary N) is 1. The minimum Gasteiger partial charge on any atom is -0.493 e. The van der Waals surface area contributed by atoms with Crippen LogP contribution in [0.3, 0.4) is 0 Å². The predicted molar refractivity (Wildman–Crippen MR) is 126 cm³/mol. The van der Waals surface area contributed by atoms with Gasteiger partial charge in [-0.2, -0.15) is 5.10 Å². The molecule has 0 radical (unpaired) electrons. The highest BCUT2D eigenvalue weighted by atomic mass is 19.1. The summed E-state index contributed by atoms with van der Waals surface area (Å²) in [6.07, 6.45) is 4.47. The number of oxazole rings is 1. The van der Waals surface area contributed by atoms with E-state index in [9.17, 15) is 4.79 Å². The molecular weight excluding hydrogens is 439 g/mol. The van der Waals surface area contributed by atoms with Gasteiger partial charge in [0.25, 0.3) is 0 Å². The number of nitrogens with zero attached hydrogens (tertiary/aromatic N) is 3. The van der Waals surface area contributed by atoms with Crippen LogP contribution in [0.15, 0.2) is 40.4 Å². The Morgan fingerprint density at radius 1 is 1.24 bits per heavy atom. The largest absolute Gasteiger partial charge is 0.493 e. The lowest BCUT2D eigenvalue weighted by atomic mass is 9.79. The Hall–Kier alpha value is -3.88. The van der Waals surface area contributed by atoms with Gasteiger partial charge in [0.2, 0.25) is 0 Å². The van der Waals surface area contributed by atoms with Crippen molar-refractivity contribution in [1.82, 2.24) is 15.3 Å². The van der Waals surface area contributed by atoms with Gasteiger partial charge in [0.15, 0.2) is 17.9 Å². The molecule has 0 aliphatic carbocycles. The van der Waals surface area contributed by atoms with Crippen molar-refractivity contribution in [2.75, 3.05) is 21.3 Å². The third-order valence-electron chi connectivity index (χ3n) is 6.21. The number of hydrogen-bond donors (Lipinski definition) is 1. The van der Waals surface area contributed by atoms with E-state index in [1.807, 2.05) is 32.9 Å². The van der Waals surface area contributed by atoms with Gasteiger partial charge in [0.1, 0.15) is 17.8 Å². The molecule has 1 aliphatic rings. The second-order valence-corrected chi connectivity index (χ2v) is 8.43. The molecule has 1 atom stereocenters. The molecule has 34 heavy (non-hydrogen) atoms. The molecule has 2 aromatic carbocycles. The molecule has 8 nitrogen and oxygen atoms in total. The normalized spacial score (nSPS) is 17.2. The summed E-state index contributed by atoms with van der Waals surface area (Å²) >= 11 is 0. The lowest BCUT2D eigenvalue weighted by molar-refractivity contribution is 0.128. The third-order valence-corrected chi connectivity index (χ3v) is 6.21. The van der Waals surface area contributed by atoms with Crippen LogP contribution in [0.2, 0.25) is 0 Å². The molecule has 0 saturated carbocycles. The molecule has 9 heteroatoms. The second-order valence-electron chi connectivity index (χ2n) is 8.43. The number of carbonyl (C=O) groups excluding carboxylic acids is 1. The maximum atomic E-state index is 15.5. The zero-order valence-electron chi connectivity index (χ0n) is 20.0. The Bertz CT molecular complexity index is 1270. The topological polar surface area (TPSA) is 89.2 Å². The Kier molecular flexibility index (Phi) is 6.03. The van der Waals surface area contributed by atoms with E-state index in [2.05, 4.69) is 15.4 Å². The zero-order valence-corrected chi connectivity index (χ0v) is 20.0. The number of aryl methyl sites for hydroxylation is 2. The van der Waals surface area contributed by atoms with E-state index in [4.69, 9.17) is 13.9 Å². The first-order valence-electron chi connectivity index (χ1n) is 10.7. The first-order chi connectivity index (χ1) is 16.2. The summed E-state index contributed by atoms with van der Waals surface area (Å²) in [6, 6.07) is 4.86. The van der Waals surface area contributed by atoms with E-state index < -0.39 is 17.4 Å². The van der Waals surface area contributed by atoms with E-state index in [1.165, 1.54) is 45.0 Å². The average Bonchev–Trinajstić information content (AvgIpc) is 3.28. The number of carbonyl (C=O) groups is 1. The Labute approximate surface area is 197 Å². The van der Waals surface area contributed by atoms with Crippen LogP contribution in [0, 0.1) is 19.7 Å². The summed E-state index contributed by atoms with van der Waals surface area (Å²) in [6.45, 7) is 5.80. The molecule has 0 spiro atoms. The van der Waals surface area contributed by atoms with Gasteiger partial charge in [0.05, 0.1) is 26.0 Å². The summed E-state index contributed by atoms with van der Waals surface area (Å²) in [5.41, 5.74) is 3.81. The summed E-state index contributed by atoms with van der Waals surface area (Å²) in [5.74, 6) is 0.118. The second kappa shape index (κ2) is 8.81. The van der Waals surface area contributed by atoms with Crippen molar-refractivity contribution in [3.63, 3.8) is 0 Å². The van der Waals surface area contributed by atoms with Crippen molar-refractivity contribution in [3.8, 4) is 22.8 Å². The Morgan fingerprint density at radius 3 is 2.62 bits per heavy atom. The number of hydrogen-bond acceptors (Lipinski definition) is 6. The number of rotatable bonds is 4. The van der Waals surface area contributed by atoms with Crippen LogP contribution >= 0.6 is 0 Å². The van der Waals surface area contributed by atoms with E-state index in [1.54, 1.807) is 6.26 Å². The summed E-state index contributed by atoms with van der Waals surface area (Å²) in [4.78, 5) is 17.5. The molecule has 2 amide bonds. The number of hydrazone groups is 1. The minimum atomic E-state index is -1.09. The number of benzene rings is 2. The van der Waals surface area contributed by atoms with Crippen molar-refractivity contribution >= 4 is 12.2 Å². The Morgan fingerprint density at radius 2 is 2.00 bits per heavy atom. The number of aromatic nitrogens is 1. The molecule has 1 aromatic heterocycles. The number of halogens is 1. The first kappa shape index (κ1) is 23.3. The highest BCUT2D eigenvalue weighted by Gasteiger charge is 2.43. The fraction of sp³-hybridized carbons (Fsp3) is 0.320. The molecule has 3 aromatic rings. The van der Waals surface area contributed by atoms with Crippen LogP contribution in [0.1, 0.15) is 34.7 Å². The van der Waals surface area contributed by atoms with Gasteiger partial charge in [-0.05, 0) is 31.9 Å². The van der Waals surface area contributed by atoms with Crippen molar-refractivity contribution in [2.45, 2.75) is 32.7 Å². The molecule has 4 rings (SSSR count). The van der Waals surface area contributed by atoms with Gasteiger partial charge in [-0.3, -0.25) is 0 Å². The lowest BCUT2D eigenvalue weighted by Gasteiger charge is -2.39. The van der Waals surface area contributed by atoms with E-state index in [-0.39, 0.29) is 12.2 Å². The first-order valence-corrected chi connectivity index (χ1v) is 10.7. The van der Waals surface area contributed by atoms with Crippen molar-refractivity contribution in [3.05, 3.63) is 64.5 Å². The van der Waals surface area contributed by atoms with E-state index >= 15 is 4.39 Å². The van der Waals surface area contributed by atoms with Gasteiger partial charge in [-0.25, -0.2) is 19.2 Å². The van der Waals surface area contributed by atoms with Gasteiger partial charge in [0, 0.05) is 36.2 Å². The summed E-state index contributed by atoms with van der Waals surface area (Å²) in [7, 11) is 4.45. The average molecular weight is 467 g/mol. The third kappa shape index (κ3) is 3.67. The van der Waals surface area contributed by atoms with Crippen LogP contribution in [-0.2, 0) is 12.0 Å². The van der Waals surface area contributed by atoms with Gasteiger partial charge >= 0.3 is 6.03 Å². The van der Waals surface area contributed by atoms with Crippen LogP contribution in [-0.4, -0.2) is 43.5 Å². The van der Waals surface area contributed by atoms with Gasteiger partial charge in [-0.15, -0.1) is 0 Å². The quantitative estimate of drug-likeness (QED) is 0.609. The highest BCUT2D eigenvalue weighted by molar-refractivity contribution is 5.90. The Balaban J connectivity index is 2.05.